The van der Waals surface area contributed by atoms with E-state index in [-0.39, 0.29) is 62.3 Å². The molecule has 0 fully saturated rings. The molecule has 16 nitrogen and oxygen atoms in total. The normalized spacial score (nSPS) is 10.8. The lowest BCUT2D eigenvalue weighted by atomic mass is 10.1. The SMILES string of the molecule is O=Cc1cc(OCc2cc(OCc3cc(OCc4ccccc4)cc(OCc4ccccc4)c3)cc(OCc3cc(OCc4ccccc4)cc(OCc4ccccc4)c3)c2)c(C=O)cc1OCc1cc(OCc2cc(OCc3ccccc3)cc(OCc3ccccc3)c2)cc(OCc2cc(OCc3ccccc3)cc(OCc3ccccc3)c2)c1. The van der Waals surface area contributed by atoms with E-state index in [1.807, 2.05) is 352 Å². The number of carbonyl (C=O) groups is 2. The van der Waals surface area contributed by atoms with E-state index in [1.165, 1.54) is 12.1 Å². The number of ether oxygens (including phenoxy) is 14. The molecule has 0 aromatic heterocycles. The van der Waals surface area contributed by atoms with Crippen molar-refractivity contribution in [1.29, 1.82) is 0 Å². The van der Waals surface area contributed by atoms with Crippen LogP contribution in [0.1, 0.15) is 98.6 Å². The van der Waals surface area contributed by atoms with Gasteiger partial charge in [-0.3, -0.25) is 9.59 Å². The molecule has 0 aliphatic rings. The van der Waals surface area contributed by atoms with Crippen LogP contribution in [0.25, 0.3) is 0 Å². The van der Waals surface area contributed by atoms with Crippen LogP contribution in [0.15, 0.2) is 364 Å². The maximum absolute atomic E-state index is 13.4. The average Bonchev–Trinajstić information content (AvgIpc) is 0.824. The zero-order valence-corrected chi connectivity index (χ0v) is 67.2. The van der Waals surface area contributed by atoms with Gasteiger partial charge in [-0.25, -0.2) is 0 Å². The molecule has 0 spiro atoms. The fraction of sp³-hybridized carbons (Fsp3) is 0.132. The van der Waals surface area contributed by atoms with Gasteiger partial charge in [-0.05, 0) is 163 Å². The Hall–Kier alpha value is -15.2. The lowest BCUT2D eigenvalue weighted by Crippen LogP contribution is -2.05. The minimum atomic E-state index is -0.0941. The summed E-state index contributed by atoms with van der Waals surface area (Å²) in [5, 5.41) is 0. The molecule has 0 radical (unpaired) electrons. The molecule has 0 aliphatic heterocycles. The van der Waals surface area contributed by atoms with Crippen LogP contribution in [0.2, 0.25) is 0 Å². The molecule has 15 aromatic carbocycles. The molecule has 0 atom stereocenters. The summed E-state index contributed by atoms with van der Waals surface area (Å²) >= 11 is 0. The third kappa shape index (κ3) is 25.4. The van der Waals surface area contributed by atoms with Gasteiger partial charge in [-0.15, -0.1) is 0 Å². The van der Waals surface area contributed by atoms with Gasteiger partial charge in [0.25, 0.3) is 0 Å². The van der Waals surface area contributed by atoms with E-state index in [1.54, 1.807) is 0 Å². The monoisotopic (exact) mass is 1620 g/mol. The topological polar surface area (TPSA) is 163 Å². The lowest BCUT2D eigenvalue weighted by Gasteiger charge is -2.17. The summed E-state index contributed by atoms with van der Waals surface area (Å²) < 4.78 is 91.0. The molecule has 0 heterocycles. The van der Waals surface area contributed by atoms with Gasteiger partial charge in [0.2, 0.25) is 0 Å². The fourth-order valence-corrected chi connectivity index (χ4v) is 13.2. The van der Waals surface area contributed by atoms with Crippen LogP contribution in [-0.2, 0) is 92.5 Å². The van der Waals surface area contributed by atoms with Crippen molar-refractivity contribution in [2.75, 3.05) is 0 Å². The summed E-state index contributed by atoms with van der Waals surface area (Å²) in [6.07, 6.45) is 1.33. The Morgan fingerprint density at radius 1 is 0.139 bits per heavy atom. The number of rotatable bonds is 44. The molecule has 0 N–H and O–H groups in total. The molecular formula is C106H90O16. The van der Waals surface area contributed by atoms with Crippen molar-refractivity contribution >= 4 is 12.6 Å². The summed E-state index contributed by atoms with van der Waals surface area (Å²) in [5.41, 5.74) is 12.7. The molecule has 0 saturated heterocycles. The van der Waals surface area contributed by atoms with Crippen molar-refractivity contribution in [2.45, 2.75) is 92.5 Å². The standard InChI is InChI=1S/C106H90O16/c107-61-91-54-106(122-76-90-51-103(119-73-87-45-97(113-67-81-33-17-5-18-34-81)57-98(46-87)114-68-82-35-19-6-20-36-82)60-104(52-90)120-74-88-47-99(115-69-83-37-21-7-22-38-83)58-100(48-88)116-70-84-39-23-8-24-40-84)92(62-108)53-105(91)121-75-89-49-101(117-71-85-41-93(109-63-77-25-9-1-10-26-77)55-94(42-85)110-64-78-27-11-2-12-28-78)59-102(50-89)118-72-86-43-95(111-65-79-29-13-3-14-30-79)56-96(44-86)112-66-80-31-15-4-16-32-80/h1-62H,63-76H2. The van der Waals surface area contributed by atoms with Gasteiger partial charge in [0.05, 0.1) is 11.1 Å². The highest BCUT2D eigenvalue weighted by atomic mass is 16.5. The number of hydrogen-bond acceptors (Lipinski definition) is 16. The van der Waals surface area contributed by atoms with Crippen molar-refractivity contribution in [3.05, 3.63) is 453 Å². The maximum Gasteiger partial charge on any atom is 0.153 e. The highest BCUT2D eigenvalue weighted by Crippen LogP contribution is 2.36. The highest BCUT2D eigenvalue weighted by molar-refractivity contribution is 5.87. The Bertz CT molecular complexity index is 4910. The van der Waals surface area contributed by atoms with Crippen LogP contribution >= 0.6 is 0 Å². The first-order valence-corrected chi connectivity index (χ1v) is 40.2. The summed E-state index contributed by atoms with van der Waals surface area (Å²) in [6, 6.07) is 117. The Balaban J connectivity index is 0.699. The number of hydrogen-bond donors (Lipinski definition) is 0. The summed E-state index contributed by atoms with van der Waals surface area (Å²) in [5.74, 6) is 6.83. The zero-order valence-electron chi connectivity index (χ0n) is 67.2. The molecule has 0 unspecified atom stereocenters. The molecule has 16 heteroatoms. The van der Waals surface area contributed by atoms with Crippen molar-refractivity contribution < 1.29 is 75.9 Å². The van der Waals surface area contributed by atoms with Crippen molar-refractivity contribution in [3.8, 4) is 80.5 Å². The van der Waals surface area contributed by atoms with E-state index < -0.39 is 0 Å². The predicted octanol–water partition coefficient (Wildman–Crippen LogP) is 23.4. The predicted molar refractivity (Wildman–Crippen MR) is 468 cm³/mol. The molecule has 122 heavy (non-hydrogen) atoms. The first kappa shape index (κ1) is 82.0. The second-order valence-corrected chi connectivity index (χ2v) is 29.0. The number of benzene rings is 15. The molecule has 15 aromatic rings. The molecule has 15 rings (SSSR count). The zero-order chi connectivity index (χ0) is 83.0. The van der Waals surface area contributed by atoms with Gasteiger partial charge in [-0.1, -0.05) is 243 Å². The Kier molecular flexibility index (Phi) is 28.8. The second-order valence-electron chi connectivity index (χ2n) is 29.0. The fourth-order valence-electron chi connectivity index (χ4n) is 13.2. The summed E-state index contributed by atoms with van der Waals surface area (Å²) in [4.78, 5) is 26.7. The smallest absolute Gasteiger partial charge is 0.153 e. The molecular weight excluding hydrogens is 1530 g/mol. The van der Waals surface area contributed by atoms with E-state index in [0.717, 1.165) is 66.8 Å². The molecule has 0 saturated carbocycles. The number of carbonyl (C=O) groups excluding carboxylic acids is 2. The minimum absolute atomic E-state index is 0.0941. The highest BCUT2D eigenvalue weighted by Gasteiger charge is 2.19. The number of aldehydes is 2. The van der Waals surface area contributed by atoms with E-state index in [0.29, 0.717) is 146 Å². The molecule has 0 amide bonds. The van der Waals surface area contributed by atoms with Crippen molar-refractivity contribution in [1.82, 2.24) is 0 Å². The van der Waals surface area contributed by atoms with E-state index in [9.17, 15) is 9.59 Å². The summed E-state index contributed by atoms with van der Waals surface area (Å²) in [6.45, 7) is 2.91. The van der Waals surface area contributed by atoms with Crippen molar-refractivity contribution in [3.63, 3.8) is 0 Å². The minimum Gasteiger partial charge on any atom is -0.489 e. The largest absolute Gasteiger partial charge is 0.489 e. The third-order valence-corrected chi connectivity index (χ3v) is 19.4. The van der Waals surface area contributed by atoms with Gasteiger partial charge in [0.15, 0.2) is 12.6 Å². The maximum atomic E-state index is 13.4. The Morgan fingerprint density at radius 2 is 0.262 bits per heavy atom. The van der Waals surface area contributed by atoms with Crippen LogP contribution in [-0.4, -0.2) is 12.6 Å². The average molecular weight is 1620 g/mol. The molecule has 610 valence electrons. The van der Waals surface area contributed by atoms with Crippen LogP contribution in [0.3, 0.4) is 0 Å². The van der Waals surface area contributed by atoms with E-state index >= 15 is 0 Å². The van der Waals surface area contributed by atoms with Crippen LogP contribution in [0.4, 0.5) is 0 Å². The second kappa shape index (κ2) is 42.8. The van der Waals surface area contributed by atoms with Crippen molar-refractivity contribution in [2.24, 2.45) is 0 Å². The van der Waals surface area contributed by atoms with Crippen LogP contribution < -0.4 is 66.3 Å². The van der Waals surface area contributed by atoms with Crippen LogP contribution in [0.5, 0.6) is 80.5 Å². The van der Waals surface area contributed by atoms with Gasteiger partial charge >= 0.3 is 0 Å². The van der Waals surface area contributed by atoms with Crippen LogP contribution in [0, 0.1) is 0 Å². The van der Waals surface area contributed by atoms with E-state index in [4.69, 9.17) is 66.3 Å². The third-order valence-electron chi connectivity index (χ3n) is 19.4. The Morgan fingerprint density at radius 3 is 0.393 bits per heavy atom. The first-order valence-electron chi connectivity index (χ1n) is 40.2. The van der Waals surface area contributed by atoms with Gasteiger partial charge in [0, 0.05) is 36.4 Å². The lowest BCUT2D eigenvalue weighted by molar-refractivity contribution is 0.110. The van der Waals surface area contributed by atoms with Gasteiger partial charge in [0.1, 0.15) is 173 Å². The molecule has 0 bridgehead atoms. The van der Waals surface area contributed by atoms with Gasteiger partial charge in [-0.2, -0.15) is 0 Å². The first-order chi connectivity index (χ1) is 60.2. The Labute approximate surface area is 710 Å². The summed E-state index contributed by atoms with van der Waals surface area (Å²) in [7, 11) is 0. The molecule has 0 aliphatic carbocycles. The quantitative estimate of drug-likeness (QED) is 0.0331. The van der Waals surface area contributed by atoms with Gasteiger partial charge < -0.3 is 66.3 Å². The van der Waals surface area contributed by atoms with E-state index in [2.05, 4.69) is 0 Å².